The highest BCUT2D eigenvalue weighted by atomic mass is 35.5. The van der Waals surface area contributed by atoms with Gasteiger partial charge in [0.2, 0.25) is 0 Å². The van der Waals surface area contributed by atoms with E-state index in [0.29, 0.717) is 42.3 Å². The van der Waals surface area contributed by atoms with E-state index in [9.17, 15) is 10.4 Å². The van der Waals surface area contributed by atoms with Gasteiger partial charge in [0.25, 0.3) is 0 Å². The fourth-order valence-electron chi connectivity index (χ4n) is 3.15. The number of benzene rings is 1. The van der Waals surface area contributed by atoms with Crippen LogP contribution in [0.15, 0.2) is 24.3 Å². The summed E-state index contributed by atoms with van der Waals surface area (Å²) in [6.07, 6.45) is 1.05. The summed E-state index contributed by atoms with van der Waals surface area (Å²) in [6, 6.07) is 9.64. The van der Waals surface area contributed by atoms with Crippen LogP contribution in [0, 0.1) is 25.2 Å². The average molecular weight is 343 g/mol. The maximum Gasteiger partial charge on any atom is 0.169 e. The Morgan fingerprint density at radius 2 is 1.88 bits per heavy atom. The molecule has 1 aliphatic rings. The van der Waals surface area contributed by atoms with E-state index >= 15 is 0 Å². The number of nitriles is 1. The summed E-state index contributed by atoms with van der Waals surface area (Å²) in [6.45, 7) is 4.91. The van der Waals surface area contributed by atoms with E-state index in [-0.39, 0.29) is 0 Å². The first-order chi connectivity index (χ1) is 11.5. The van der Waals surface area contributed by atoms with Gasteiger partial charge in [-0.05, 0) is 38.3 Å². The van der Waals surface area contributed by atoms with Crippen LogP contribution in [0.4, 0.5) is 5.82 Å². The largest absolute Gasteiger partial charge is 0.385 e. The molecule has 0 saturated carbocycles. The Hall–Kier alpha value is -2.16. The normalized spacial score (nSPS) is 16.7. The Balaban J connectivity index is 1.85. The lowest BCUT2D eigenvalue weighted by atomic mass is 9.84. The second kappa shape index (κ2) is 6.39. The molecule has 0 bridgehead atoms. The molecule has 0 unspecified atom stereocenters. The van der Waals surface area contributed by atoms with Gasteiger partial charge >= 0.3 is 0 Å². The molecule has 0 radical (unpaired) electrons. The van der Waals surface area contributed by atoms with E-state index in [1.165, 1.54) is 0 Å². The van der Waals surface area contributed by atoms with Crippen molar-refractivity contribution >= 4 is 17.4 Å². The molecule has 1 aromatic carbocycles. The third-order valence-electron chi connectivity index (χ3n) is 4.81. The van der Waals surface area contributed by atoms with Gasteiger partial charge in [-0.25, -0.2) is 0 Å². The van der Waals surface area contributed by atoms with E-state index < -0.39 is 5.60 Å². The van der Waals surface area contributed by atoms with Crippen LogP contribution >= 0.6 is 11.6 Å². The molecule has 1 saturated heterocycles. The molecule has 2 aromatic rings. The molecule has 1 aliphatic heterocycles. The highest BCUT2D eigenvalue weighted by Crippen LogP contribution is 2.38. The molecule has 1 fully saturated rings. The van der Waals surface area contributed by atoms with Gasteiger partial charge in [0.15, 0.2) is 5.82 Å². The monoisotopic (exact) mass is 342 g/mol. The van der Waals surface area contributed by atoms with Crippen molar-refractivity contribution in [3.05, 3.63) is 51.7 Å². The molecule has 3 rings (SSSR count). The third-order valence-corrected chi connectivity index (χ3v) is 5.14. The molecule has 124 valence electrons. The lowest BCUT2D eigenvalue weighted by Crippen LogP contribution is -2.43. The predicted octanol–water partition coefficient (Wildman–Crippen LogP) is 3.11. The minimum absolute atomic E-state index is 0.524. The Labute approximate surface area is 146 Å². The van der Waals surface area contributed by atoms with E-state index in [1.54, 1.807) is 6.07 Å². The number of hydrogen-bond acceptors (Lipinski definition) is 5. The molecule has 0 amide bonds. The van der Waals surface area contributed by atoms with Crippen molar-refractivity contribution in [2.45, 2.75) is 32.3 Å². The van der Waals surface area contributed by atoms with Crippen LogP contribution < -0.4 is 4.90 Å². The number of anilines is 1. The summed E-state index contributed by atoms with van der Waals surface area (Å²) in [5.74, 6) is 0.599. The zero-order valence-corrected chi connectivity index (χ0v) is 14.5. The summed E-state index contributed by atoms with van der Waals surface area (Å²) in [7, 11) is 0. The summed E-state index contributed by atoms with van der Waals surface area (Å²) in [5, 5.41) is 29.4. The molecule has 6 heteroatoms. The van der Waals surface area contributed by atoms with Gasteiger partial charge in [-0.15, -0.1) is 5.10 Å². The van der Waals surface area contributed by atoms with Crippen molar-refractivity contribution in [1.29, 1.82) is 5.26 Å². The number of piperidine rings is 1. The van der Waals surface area contributed by atoms with Gasteiger partial charge in [0, 0.05) is 23.7 Å². The van der Waals surface area contributed by atoms with E-state index in [2.05, 4.69) is 16.3 Å². The van der Waals surface area contributed by atoms with Crippen molar-refractivity contribution in [1.82, 2.24) is 10.2 Å². The van der Waals surface area contributed by atoms with Crippen LogP contribution in [0.1, 0.15) is 35.2 Å². The Morgan fingerprint density at radius 3 is 2.50 bits per heavy atom. The molecular weight excluding hydrogens is 324 g/mol. The van der Waals surface area contributed by atoms with Crippen molar-refractivity contribution in [2.75, 3.05) is 18.0 Å². The minimum Gasteiger partial charge on any atom is -0.385 e. The lowest BCUT2D eigenvalue weighted by molar-refractivity contribution is 0.0117. The van der Waals surface area contributed by atoms with Crippen LogP contribution in [0.5, 0.6) is 0 Å². The number of halogens is 1. The molecule has 1 N–H and O–H groups in total. The maximum atomic E-state index is 11.0. The molecule has 0 aliphatic carbocycles. The summed E-state index contributed by atoms with van der Waals surface area (Å²) >= 11 is 6.25. The number of aryl methyl sites for hydroxylation is 1. The first-order valence-corrected chi connectivity index (χ1v) is 8.30. The summed E-state index contributed by atoms with van der Waals surface area (Å²) in [4.78, 5) is 2.02. The SMILES string of the molecule is Cc1nnc(N2CCC(O)(c3ccccc3Cl)CC2)c(C#N)c1C. The van der Waals surface area contributed by atoms with Crippen LogP contribution in [0.2, 0.25) is 5.02 Å². The van der Waals surface area contributed by atoms with Crippen LogP contribution in [-0.4, -0.2) is 28.4 Å². The molecule has 5 nitrogen and oxygen atoms in total. The Bertz CT molecular complexity index is 807. The predicted molar refractivity (Wildman–Crippen MR) is 93.0 cm³/mol. The number of aliphatic hydroxyl groups is 1. The van der Waals surface area contributed by atoms with Crippen LogP contribution in [0.3, 0.4) is 0 Å². The first kappa shape index (κ1) is 16.7. The number of nitrogens with zero attached hydrogens (tertiary/aromatic N) is 4. The number of aromatic nitrogens is 2. The van der Waals surface area contributed by atoms with Gasteiger partial charge in [-0.1, -0.05) is 29.8 Å². The second-order valence-corrected chi connectivity index (χ2v) is 6.63. The first-order valence-electron chi connectivity index (χ1n) is 7.92. The number of rotatable bonds is 2. The highest BCUT2D eigenvalue weighted by Gasteiger charge is 2.36. The minimum atomic E-state index is -0.950. The smallest absolute Gasteiger partial charge is 0.169 e. The van der Waals surface area contributed by atoms with Crippen molar-refractivity contribution in [2.24, 2.45) is 0 Å². The van der Waals surface area contributed by atoms with E-state index in [4.69, 9.17) is 11.6 Å². The molecule has 0 atom stereocenters. The van der Waals surface area contributed by atoms with E-state index in [1.807, 2.05) is 36.9 Å². The zero-order chi connectivity index (χ0) is 17.3. The van der Waals surface area contributed by atoms with Gasteiger partial charge in [-0.2, -0.15) is 10.4 Å². The molecule has 2 heterocycles. The average Bonchev–Trinajstić information content (AvgIpc) is 2.58. The Morgan fingerprint density at radius 1 is 1.21 bits per heavy atom. The summed E-state index contributed by atoms with van der Waals surface area (Å²) in [5.41, 5.74) is 1.99. The standard InChI is InChI=1S/C18H19ClN4O/c1-12-13(2)21-22-17(14(12)11-20)23-9-7-18(24,8-10-23)15-5-3-4-6-16(15)19/h3-6,24H,7-10H2,1-2H3. The maximum absolute atomic E-state index is 11.0. The van der Waals surface area contributed by atoms with Crippen molar-refractivity contribution in [3.63, 3.8) is 0 Å². The van der Waals surface area contributed by atoms with E-state index in [0.717, 1.165) is 16.8 Å². The number of hydrogen-bond donors (Lipinski definition) is 1. The second-order valence-electron chi connectivity index (χ2n) is 6.22. The molecule has 1 aromatic heterocycles. The summed E-state index contributed by atoms with van der Waals surface area (Å²) < 4.78 is 0. The zero-order valence-electron chi connectivity index (χ0n) is 13.8. The van der Waals surface area contributed by atoms with Crippen molar-refractivity contribution < 1.29 is 5.11 Å². The van der Waals surface area contributed by atoms with Crippen LogP contribution in [0.25, 0.3) is 0 Å². The molecular formula is C18H19ClN4O. The van der Waals surface area contributed by atoms with Gasteiger partial charge in [0.1, 0.15) is 11.6 Å². The van der Waals surface area contributed by atoms with Crippen molar-refractivity contribution in [3.8, 4) is 6.07 Å². The van der Waals surface area contributed by atoms with Crippen LogP contribution in [-0.2, 0) is 5.60 Å². The fourth-order valence-corrected chi connectivity index (χ4v) is 3.46. The topological polar surface area (TPSA) is 73.0 Å². The van der Waals surface area contributed by atoms with Gasteiger partial charge < -0.3 is 10.0 Å². The van der Waals surface area contributed by atoms with Gasteiger partial charge in [-0.3, -0.25) is 0 Å². The third kappa shape index (κ3) is 2.83. The highest BCUT2D eigenvalue weighted by molar-refractivity contribution is 6.31. The van der Waals surface area contributed by atoms with Gasteiger partial charge in [0.05, 0.1) is 11.3 Å². The molecule has 24 heavy (non-hydrogen) atoms. The fraction of sp³-hybridized carbons (Fsp3) is 0.389. The molecule has 0 spiro atoms. The Kier molecular flexibility index (Phi) is 4.44. The quantitative estimate of drug-likeness (QED) is 0.907. The lowest BCUT2D eigenvalue weighted by Gasteiger charge is -2.39.